The molecular formula is C14H8ClF3O2. The van der Waals surface area contributed by atoms with E-state index in [9.17, 15) is 18.0 Å². The minimum absolute atomic E-state index is 0.120. The topological polar surface area (TPSA) is 26.3 Å². The Balaban J connectivity index is 2.48. The first-order chi connectivity index (χ1) is 9.43. The third-order valence-corrected chi connectivity index (χ3v) is 2.86. The third kappa shape index (κ3) is 2.93. The standard InChI is InChI=1S/C14H8ClF3O2/c15-11-5-1-2-6-13(11)20-12-7-3-4-10(9(12)8-19)14(16,17)18/h1-8H. The van der Waals surface area contributed by atoms with Gasteiger partial charge in [0.05, 0.1) is 16.1 Å². The Morgan fingerprint density at radius 3 is 2.25 bits per heavy atom. The summed E-state index contributed by atoms with van der Waals surface area (Å²) in [7, 11) is 0. The number of ether oxygens (including phenoxy) is 1. The van der Waals surface area contributed by atoms with E-state index in [1.807, 2.05) is 0 Å². The van der Waals surface area contributed by atoms with E-state index in [1.54, 1.807) is 12.1 Å². The Morgan fingerprint density at radius 2 is 1.65 bits per heavy atom. The largest absolute Gasteiger partial charge is 0.455 e. The number of para-hydroxylation sites is 1. The van der Waals surface area contributed by atoms with Crippen LogP contribution in [0.25, 0.3) is 0 Å². The van der Waals surface area contributed by atoms with Gasteiger partial charge in [-0.3, -0.25) is 4.79 Å². The molecule has 6 heteroatoms. The average Bonchev–Trinajstić information content (AvgIpc) is 2.40. The molecular weight excluding hydrogens is 293 g/mol. The number of benzene rings is 2. The highest BCUT2D eigenvalue weighted by Gasteiger charge is 2.34. The van der Waals surface area contributed by atoms with E-state index in [2.05, 4.69) is 0 Å². The Kier molecular flexibility index (Phi) is 3.99. The van der Waals surface area contributed by atoms with Gasteiger partial charge in [0.25, 0.3) is 0 Å². The normalized spacial score (nSPS) is 11.2. The molecule has 2 rings (SSSR count). The molecule has 0 aromatic heterocycles. The summed E-state index contributed by atoms with van der Waals surface area (Å²) in [5.41, 5.74) is -1.60. The Hall–Kier alpha value is -2.01. The number of hydrogen-bond acceptors (Lipinski definition) is 2. The third-order valence-electron chi connectivity index (χ3n) is 2.55. The van der Waals surface area contributed by atoms with Crippen molar-refractivity contribution < 1.29 is 22.7 Å². The van der Waals surface area contributed by atoms with Gasteiger partial charge in [-0.15, -0.1) is 0 Å². The molecule has 0 spiro atoms. The average molecular weight is 301 g/mol. The Bertz CT molecular complexity index is 639. The molecule has 0 aliphatic heterocycles. The molecule has 2 aromatic carbocycles. The van der Waals surface area contributed by atoms with Crippen LogP contribution in [0.1, 0.15) is 15.9 Å². The van der Waals surface area contributed by atoms with Crippen molar-refractivity contribution >= 4 is 17.9 Å². The lowest BCUT2D eigenvalue weighted by atomic mass is 10.1. The fraction of sp³-hybridized carbons (Fsp3) is 0.0714. The first kappa shape index (κ1) is 14.4. The number of hydrogen-bond donors (Lipinski definition) is 0. The Morgan fingerprint density at radius 1 is 1.00 bits per heavy atom. The number of carbonyl (C=O) groups excluding carboxylic acids is 1. The maximum absolute atomic E-state index is 12.8. The van der Waals surface area contributed by atoms with Crippen LogP contribution in [0, 0.1) is 0 Å². The molecule has 104 valence electrons. The summed E-state index contributed by atoms with van der Waals surface area (Å²) >= 11 is 5.86. The van der Waals surface area contributed by atoms with E-state index in [4.69, 9.17) is 16.3 Å². The molecule has 0 radical (unpaired) electrons. The van der Waals surface area contributed by atoms with E-state index in [1.165, 1.54) is 24.3 Å². The van der Waals surface area contributed by atoms with Crippen LogP contribution in [-0.2, 0) is 6.18 Å². The second-order valence-electron chi connectivity index (χ2n) is 3.87. The first-order valence-electron chi connectivity index (χ1n) is 5.51. The zero-order valence-electron chi connectivity index (χ0n) is 9.95. The predicted octanol–water partition coefficient (Wildman–Crippen LogP) is 4.96. The summed E-state index contributed by atoms with van der Waals surface area (Å²) in [5.74, 6) is -0.0143. The molecule has 0 aliphatic rings. The van der Waals surface area contributed by atoms with Crippen molar-refractivity contribution in [3.63, 3.8) is 0 Å². The molecule has 0 fully saturated rings. The summed E-state index contributed by atoms with van der Waals surface area (Å²) < 4.78 is 43.7. The summed E-state index contributed by atoms with van der Waals surface area (Å²) in [5, 5.41) is 0.238. The lowest BCUT2D eigenvalue weighted by Gasteiger charge is -2.14. The van der Waals surface area contributed by atoms with Crippen molar-refractivity contribution in [3.05, 3.63) is 58.6 Å². The number of rotatable bonds is 3. The van der Waals surface area contributed by atoms with Crippen LogP contribution in [0.3, 0.4) is 0 Å². The highest BCUT2D eigenvalue weighted by molar-refractivity contribution is 6.32. The summed E-state index contributed by atoms with van der Waals surface area (Å²) in [6.45, 7) is 0. The van der Waals surface area contributed by atoms with Gasteiger partial charge in [-0.25, -0.2) is 0 Å². The molecule has 0 saturated carbocycles. The predicted molar refractivity (Wildman–Crippen MR) is 68.4 cm³/mol. The van der Waals surface area contributed by atoms with Crippen molar-refractivity contribution in [1.29, 1.82) is 0 Å². The van der Waals surface area contributed by atoms with Crippen LogP contribution in [-0.4, -0.2) is 6.29 Å². The van der Waals surface area contributed by atoms with E-state index >= 15 is 0 Å². The summed E-state index contributed by atoms with van der Waals surface area (Å²) in [6.07, 6.45) is -4.51. The maximum atomic E-state index is 12.8. The molecule has 2 aromatic rings. The molecule has 0 amide bonds. The van der Waals surface area contributed by atoms with Crippen molar-refractivity contribution in [2.45, 2.75) is 6.18 Å². The second kappa shape index (κ2) is 5.54. The molecule has 0 bridgehead atoms. The van der Waals surface area contributed by atoms with Crippen LogP contribution in [0.5, 0.6) is 11.5 Å². The second-order valence-corrected chi connectivity index (χ2v) is 4.27. The number of carbonyl (C=O) groups is 1. The highest BCUT2D eigenvalue weighted by Crippen LogP contribution is 2.37. The van der Waals surface area contributed by atoms with Crippen molar-refractivity contribution in [2.75, 3.05) is 0 Å². The lowest BCUT2D eigenvalue weighted by Crippen LogP contribution is -2.09. The van der Waals surface area contributed by atoms with Gasteiger partial charge in [-0.05, 0) is 24.3 Å². The van der Waals surface area contributed by atoms with Gasteiger partial charge in [-0.1, -0.05) is 29.8 Å². The van der Waals surface area contributed by atoms with Gasteiger partial charge in [-0.2, -0.15) is 13.2 Å². The van der Waals surface area contributed by atoms with Crippen LogP contribution in [0.15, 0.2) is 42.5 Å². The SMILES string of the molecule is O=Cc1c(Oc2ccccc2Cl)cccc1C(F)(F)F. The minimum atomic E-state index is -4.63. The first-order valence-corrected chi connectivity index (χ1v) is 5.89. The summed E-state index contributed by atoms with van der Waals surface area (Å²) in [6, 6.07) is 9.58. The molecule has 0 unspecified atom stereocenters. The zero-order valence-corrected chi connectivity index (χ0v) is 10.7. The van der Waals surface area contributed by atoms with Gasteiger partial charge in [0.15, 0.2) is 6.29 Å². The van der Waals surface area contributed by atoms with Crippen molar-refractivity contribution in [2.24, 2.45) is 0 Å². The van der Waals surface area contributed by atoms with Crippen LogP contribution in [0.2, 0.25) is 5.02 Å². The molecule has 0 atom stereocenters. The van der Waals surface area contributed by atoms with Gasteiger partial charge in [0.1, 0.15) is 11.5 Å². The van der Waals surface area contributed by atoms with Crippen LogP contribution >= 0.6 is 11.6 Å². The number of halogens is 4. The molecule has 20 heavy (non-hydrogen) atoms. The van der Waals surface area contributed by atoms with Crippen LogP contribution < -0.4 is 4.74 Å². The van der Waals surface area contributed by atoms with Gasteiger partial charge in [0.2, 0.25) is 0 Å². The zero-order chi connectivity index (χ0) is 14.8. The molecule has 2 nitrogen and oxygen atoms in total. The molecule has 0 heterocycles. The van der Waals surface area contributed by atoms with E-state index in [0.29, 0.717) is 0 Å². The fourth-order valence-electron chi connectivity index (χ4n) is 1.65. The monoisotopic (exact) mass is 300 g/mol. The summed E-state index contributed by atoms with van der Waals surface area (Å²) in [4.78, 5) is 11.0. The highest BCUT2D eigenvalue weighted by atomic mass is 35.5. The molecule has 0 aliphatic carbocycles. The smallest absolute Gasteiger partial charge is 0.417 e. The van der Waals surface area contributed by atoms with Crippen molar-refractivity contribution in [1.82, 2.24) is 0 Å². The maximum Gasteiger partial charge on any atom is 0.417 e. The van der Waals surface area contributed by atoms with E-state index in [-0.39, 0.29) is 22.8 Å². The minimum Gasteiger partial charge on any atom is -0.455 e. The van der Waals surface area contributed by atoms with E-state index in [0.717, 1.165) is 6.07 Å². The lowest BCUT2D eigenvalue weighted by molar-refractivity contribution is -0.137. The van der Waals surface area contributed by atoms with Crippen LogP contribution in [0.4, 0.5) is 13.2 Å². The number of alkyl halides is 3. The number of aldehydes is 1. The molecule has 0 saturated heterocycles. The quantitative estimate of drug-likeness (QED) is 0.749. The molecule has 0 N–H and O–H groups in total. The van der Waals surface area contributed by atoms with Gasteiger partial charge < -0.3 is 4.74 Å². The van der Waals surface area contributed by atoms with Gasteiger partial charge in [0, 0.05) is 0 Å². The Labute approximate surface area is 117 Å². The van der Waals surface area contributed by atoms with Gasteiger partial charge >= 0.3 is 6.18 Å². The van der Waals surface area contributed by atoms with Crippen molar-refractivity contribution in [3.8, 4) is 11.5 Å². The fourth-order valence-corrected chi connectivity index (χ4v) is 1.82. The van der Waals surface area contributed by atoms with E-state index < -0.39 is 17.3 Å².